The number of ether oxygens (including phenoxy) is 2. The van der Waals surface area contributed by atoms with Gasteiger partial charge in [0.2, 0.25) is 11.7 Å². The molecule has 0 aliphatic carbocycles. The first-order valence-corrected chi connectivity index (χ1v) is 14.9. The third kappa shape index (κ3) is 8.58. The van der Waals surface area contributed by atoms with Crippen molar-refractivity contribution in [1.29, 1.82) is 0 Å². The third-order valence-electron chi connectivity index (χ3n) is 7.90. The number of nitrogens with one attached hydrogen (secondary N) is 3. The summed E-state index contributed by atoms with van der Waals surface area (Å²) in [5, 5.41) is 59.2. The van der Waals surface area contributed by atoms with Gasteiger partial charge in [0.1, 0.15) is 18.2 Å². The van der Waals surface area contributed by atoms with E-state index in [-0.39, 0.29) is 42.6 Å². The van der Waals surface area contributed by atoms with Crippen molar-refractivity contribution in [2.75, 3.05) is 18.9 Å². The Morgan fingerprint density at radius 3 is 2.69 bits per heavy atom. The van der Waals surface area contributed by atoms with E-state index in [0.29, 0.717) is 23.5 Å². The number of nitrogens with zero attached hydrogens (tertiary/aromatic N) is 3. The Balaban J connectivity index is 0.00000520. The minimum atomic E-state index is -2.56. The van der Waals surface area contributed by atoms with Crippen molar-refractivity contribution in [3.05, 3.63) is 77.7 Å². The van der Waals surface area contributed by atoms with E-state index in [9.17, 15) is 34.8 Å². The predicted molar refractivity (Wildman–Crippen MR) is 163 cm³/mol. The number of carboxylic acids is 1. The van der Waals surface area contributed by atoms with Gasteiger partial charge in [-0.05, 0) is 35.9 Å². The molecule has 6 atom stereocenters. The van der Waals surface area contributed by atoms with Crippen LogP contribution in [0.1, 0.15) is 35.0 Å². The van der Waals surface area contributed by atoms with Crippen LogP contribution in [0.15, 0.2) is 60.9 Å². The van der Waals surface area contributed by atoms with Crippen molar-refractivity contribution in [3.63, 3.8) is 0 Å². The maximum atomic E-state index is 12.4. The average Bonchev–Trinajstić information content (AvgIpc) is 3.67. The van der Waals surface area contributed by atoms with Crippen LogP contribution in [-0.4, -0.2) is 102 Å². The number of aliphatic hydroxyl groups is 3. The standard InChI is InChI=1S/C31H37N7O9.Na/c1-17(39)35-26-24(40)12-31(30(44)45,47-28(26)27(42)25(41)14-34-29(43)18-5-3-2-4-6-18)46-10-9-21-16-38(37-36-21)15-19-13-33-23-8-7-20(32)11-22(19)23;/h2-8,11,13,16,24-28,33,40-42H,9-10,12,14-15,32H2,1H3,(H,34,43)(H,35,39)(H,44,45);/q;+1/p-1/t24-,25+,26+,27+,28?,31+;/m0./s1. The molecular formula is C31H36N7NaO9. The van der Waals surface area contributed by atoms with Gasteiger partial charge in [-0.3, -0.25) is 9.59 Å². The molecule has 3 heterocycles. The zero-order chi connectivity index (χ0) is 33.7. The molecule has 4 aromatic rings. The van der Waals surface area contributed by atoms with Crippen molar-refractivity contribution in [2.24, 2.45) is 0 Å². The van der Waals surface area contributed by atoms with Crippen LogP contribution < -0.4 is 51.0 Å². The molecule has 0 bridgehead atoms. The predicted octanol–water partition coefficient (Wildman–Crippen LogP) is -4.79. The first-order chi connectivity index (χ1) is 22.5. The second kappa shape index (κ2) is 16.0. The quantitative estimate of drug-likeness (QED) is 0.0522. The molecule has 8 N–H and O–H groups in total. The number of carboxylic acid groups (broad SMARTS) is 1. The Kier molecular flexibility index (Phi) is 12.3. The fourth-order valence-electron chi connectivity index (χ4n) is 5.52. The number of anilines is 1. The van der Waals surface area contributed by atoms with E-state index >= 15 is 0 Å². The van der Waals surface area contributed by atoms with Crippen molar-refractivity contribution in [1.82, 2.24) is 30.6 Å². The number of aromatic nitrogens is 4. The van der Waals surface area contributed by atoms with Crippen molar-refractivity contribution in [3.8, 4) is 0 Å². The van der Waals surface area contributed by atoms with Gasteiger partial charge in [0.15, 0.2) is 0 Å². The van der Waals surface area contributed by atoms with E-state index in [1.54, 1.807) is 47.3 Å². The first kappa shape index (κ1) is 37.0. The van der Waals surface area contributed by atoms with Crippen molar-refractivity contribution < 1.29 is 73.8 Å². The van der Waals surface area contributed by atoms with E-state index in [2.05, 4.69) is 25.9 Å². The zero-order valence-electron chi connectivity index (χ0n) is 26.4. The second-order valence-corrected chi connectivity index (χ2v) is 11.4. The zero-order valence-corrected chi connectivity index (χ0v) is 28.4. The smallest absolute Gasteiger partial charge is 0.544 e. The number of fused-ring (bicyclic) bond motifs is 1. The molecule has 1 fully saturated rings. The fraction of sp³-hybridized carbons (Fsp3) is 0.387. The number of rotatable bonds is 13. The molecule has 0 saturated carbocycles. The molecule has 17 heteroatoms. The van der Waals surface area contributed by atoms with E-state index in [1.165, 1.54) is 0 Å². The summed E-state index contributed by atoms with van der Waals surface area (Å²) in [7, 11) is 0. The summed E-state index contributed by atoms with van der Waals surface area (Å²) in [5.74, 6) is -5.55. The summed E-state index contributed by atoms with van der Waals surface area (Å²) >= 11 is 0. The van der Waals surface area contributed by atoms with E-state index < -0.39 is 67.0 Å². The van der Waals surface area contributed by atoms with Gasteiger partial charge in [-0.1, -0.05) is 23.4 Å². The van der Waals surface area contributed by atoms with Crippen LogP contribution >= 0.6 is 0 Å². The Morgan fingerprint density at radius 1 is 1.23 bits per heavy atom. The maximum absolute atomic E-state index is 12.4. The number of nitrogen functional groups attached to an aromatic ring is 1. The molecular weight excluding hydrogens is 637 g/mol. The Bertz CT molecular complexity index is 1720. The Hall–Kier alpha value is -3.87. The SMILES string of the molecule is CC(=O)N[C@H]1C([C@H](O)[C@H](O)CNC(=O)c2ccccc2)O[C@@](OCCc2cn(Cc3c[nH]c4ccc(N)cc34)nn2)(C(=O)[O-])C[C@@H]1O.[Na+]. The van der Waals surface area contributed by atoms with Gasteiger partial charge < -0.3 is 56.0 Å². The maximum Gasteiger partial charge on any atom is 1.00 e. The van der Waals surface area contributed by atoms with Crippen LogP contribution in [0, 0.1) is 0 Å². The van der Waals surface area contributed by atoms with Gasteiger partial charge >= 0.3 is 29.6 Å². The number of aliphatic carboxylic acids is 1. The molecule has 2 aromatic carbocycles. The van der Waals surface area contributed by atoms with Crippen molar-refractivity contribution >= 4 is 34.4 Å². The number of amides is 2. The van der Waals surface area contributed by atoms with Crippen LogP contribution in [0.2, 0.25) is 0 Å². The number of carbonyl (C=O) groups excluding carboxylic acids is 3. The normalized spacial score (nSPS) is 22.0. The summed E-state index contributed by atoms with van der Waals surface area (Å²) < 4.78 is 13.0. The van der Waals surface area contributed by atoms with E-state index in [4.69, 9.17) is 15.2 Å². The van der Waals surface area contributed by atoms with Gasteiger partial charge in [-0.25, -0.2) is 4.68 Å². The van der Waals surface area contributed by atoms with Gasteiger partial charge in [-0.15, -0.1) is 5.10 Å². The number of aliphatic hydroxyl groups excluding tert-OH is 3. The molecule has 5 rings (SSSR count). The molecule has 250 valence electrons. The number of hydrogen-bond donors (Lipinski definition) is 7. The van der Waals surface area contributed by atoms with Crippen LogP contribution in [0.3, 0.4) is 0 Å². The van der Waals surface area contributed by atoms with Crippen LogP contribution in [0.25, 0.3) is 10.9 Å². The summed E-state index contributed by atoms with van der Waals surface area (Å²) in [6, 6.07) is 12.3. The molecule has 1 unspecified atom stereocenters. The first-order valence-electron chi connectivity index (χ1n) is 14.9. The van der Waals surface area contributed by atoms with Gasteiger partial charge in [0, 0.05) is 60.9 Å². The molecule has 2 amide bonds. The molecule has 2 aromatic heterocycles. The summed E-state index contributed by atoms with van der Waals surface area (Å²) in [6.07, 6.45) is -3.94. The Morgan fingerprint density at radius 2 is 1.98 bits per heavy atom. The fourth-order valence-corrected chi connectivity index (χ4v) is 5.52. The topological polar surface area (TPSA) is 250 Å². The van der Waals surface area contributed by atoms with Gasteiger partial charge in [0.05, 0.1) is 37.1 Å². The molecule has 0 radical (unpaired) electrons. The second-order valence-electron chi connectivity index (χ2n) is 11.4. The summed E-state index contributed by atoms with van der Waals surface area (Å²) in [5.41, 5.74) is 9.16. The Labute approximate surface area is 296 Å². The van der Waals surface area contributed by atoms with Crippen LogP contribution in [-0.2, 0) is 32.0 Å². The number of nitrogens with two attached hydrogens (primary N) is 1. The minimum absolute atomic E-state index is 0. The van der Waals surface area contributed by atoms with E-state index in [1.807, 2.05) is 18.3 Å². The monoisotopic (exact) mass is 673 g/mol. The average molecular weight is 674 g/mol. The minimum Gasteiger partial charge on any atom is -0.544 e. The van der Waals surface area contributed by atoms with Crippen LogP contribution in [0.4, 0.5) is 5.69 Å². The molecule has 1 aliphatic heterocycles. The van der Waals surface area contributed by atoms with Gasteiger partial charge in [-0.2, -0.15) is 0 Å². The number of benzene rings is 2. The molecule has 0 spiro atoms. The molecule has 16 nitrogen and oxygen atoms in total. The number of hydrogen-bond acceptors (Lipinski definition) is 12. The molecule has 1 aliphatic rings. The van der Waals surface area contributed by atoms with Gasteiger partial charge in [0.25, 0.3) is 5.91 Å². The van der Waals surface area contributed by atoms with E-state index in [0.717, 1.165) is 23.4 Å². The summed E-state index contributed by atoms with van der Waals surface area (Å²) in [4.78, 5) is 39.9. The molecule has 48 heavy (non-hydrogen) atoms. The summed E-state index contributed by atoms with van der Waals surface area (Å²) in [6.45, 7) is 0.809. The number of carbonyl (C=O) groups is 3. The third-order valence-corrected chi connectivity index (χ3v) is 7.90. The molecule has 1 saturated heterocycles. The largest absolute Gasteiger partial charge is 1.00 e. The van der Waals surface area contributed by atoms with Crippen LogP contribution in [0.5, 0.6) is 0 Å². The van der Waals surface area contributed by atoms with Crippen molar-refractivity contribution in [2.45, 2.75) is 62.6 Å². The number of H-pyrrole nitrogens is 1. The number of aromatic amines is 1.